The van der Waals surface area contributed by atoms with E-state index in [1.54, 1.807) is 29.4 Å². The number of amides is 1. The van der Waals surface area contributed by atoms with Crippen LogP contribution in [0.2, 0.25) is 0 Å². The van der Waals surface area contributed by atoms with Gasteiger partial charge in [-0.2, -0.15) is 8.78 Å². The molecule has 2 heterocycles. The number of hydrogen-bond acceptors (Lipinski definition) is 7. The Morgan fingerprint density at radius 2 is 1.83 bits per heavy atom. The minimum absolute atomic E-state index is 0.0747. The molecule has 2 aromatic carbocycles. The third-order valence-corrected chi connectivity index (χ3v) is 5.79. The zero-order valence-corrected chi connectivity index (χ0v) is 19.2. The van der Waals surface area contributed by atoms with Crippen molar-refractivity contribution in [3.63, 3.8) is 0 Å². The van der Waals surface area contributed by atoms with E-state index in [0.29, 0.717) is 19.0 Å². The van der Waals surface area contributed by atoms with Gasteiger partial charge < -0.3 is 25.4 Å². The maximum atomic E-state index is 12.9. The Kier molecular flexibility index (Phi) is 7.84. The van der Waals surface area contributed by atoms with Crippen molar-refractivity contribution < 1.29 is 23.4 Å². The Hall–Kier alpha value is -3.63. The molecule has 0 aliphatic carbocycles. The van der Waals surface area contributed by atoms with Crippen molar-refractivity contribution in [2.24, 2.45) is 0 Å². The van der Waals surface area contributed by atoms with Crippen molar-refractivity contribution in [3.05, 3.63) is 66.5 Å². The standard InChI is InChI=1S/C25H27F2N5O3/c1-16-14-32(11-10-28-16)23(34)22(15-33)18-2-6-20(7-3-18)31-25-29-12-19(13-30-25)17-4-8-21(9-5-17)35-24(26)27/h2-9,12-13,16,22,24,28,33H,10-11,14-15H2,1H3,(H,29,30,31). The molecule has 0 spiro atoms. The highest BCUT2D eigenvalue weighted by Gasteiger charge is 2.28. The molecule has 4 rings (SSSR count). The molecule has 0 radical (unpaired) electrons. The summed E-state index contributed by atoms with van der Waals surface area (Å²) >= 11 is 0. The second-order valence-electron chi connectivity index (χ2n) is 8.32. The van der Waals surface area contributed by atoms with E-state index in [1.165, 1.54) is 12.1 Å². The summed E-state index contributed by atoms with van der Waals surface area (Å²) in [6.45, 7) is 0.893. The number of alkyl halides is 2. The van der Waals surface area contributed by atoms with E-state index < -0.39 is 12.5 Å². The molecule has 35 heavy (non-hydrogen) atoms. The molecule has 2 unspecified atom stereocenters. The van der Waals surface area contributed by atoms with E-state index in [4.69, 9.17) is 0 Å². The van der Waals surface area contributed by atoms with E-state index >= 15 is 0 Å². The molecule has 1 aliphatic heterocycles. The van der Waals surface area contributed by atoms with Crippen LogP contribution in [0.3, 0.4) is 0 Å². The van der Waals surface area contributed by atoms with E-state index in [-0.39, 0.29) is 24.3 Å². The van der Waals surface area contributed by atoms with E-state index in [0.717, 1.165) is 28.9 Å². The number of nitrogens with zero attached hydrogens (tertiary/aromatic N) is 3. The van der Waals surface area contributed by atoms with Gasteiger partial charge in [0.15, 0.2) is 0 Å². The lowest BCUT2D eigenvalue weighted by molar-refractivity contribution is -0.134. The molecule has 1 aliphatic rings. The quantitative estimate of drug-likeness (QED) is 0.452. The van der Waals surface area contributed by atoms with Gasteiger partial charge in [-0.15, -0.1) is 0 Å². The summed E-state index contributed by atoms with van der Waals surface area (Å²) in [7, 11) is 0. The monoisotopic (exact) mass is 483 g/mol. The summed E-state index contributed by atoms with van der Waals surface area (Å²) in [5.41, 5.74) is 2.96. The number of ether oxygens (including phenoxy) is 1. The lowest BCUT2D eigenvalue weighted by atomic mass is 9.97. The first-order valence-electron chi connectivity index (χ1n) is 11.3. The van der Waals surface area contributed by atoms with Gasteiger partial charge in [0.05, 0.1) is 12.5 Å². The number of halogens is 2. The van der Waals surface area contributed by atoms with Gasteiger partial charge in [-0.05, 0) is 42.3 Å². The van der Waals surface area contributed by atoms with Gasteiger partial charge in [-0.3, -0.25) is 4.79 Å². The number of rotatable bonds is 8. The molecule has 0 saturated carbocycles. The number of piperazine rings is 1. The number of benzene rings is 2. The Balaban J connectivity index is 1.38. The second kappa shape index (κ2) is 11.2. The molecule has 10 heteroatoms. The van der Waals surface area contributed by atoms with Crippen molar-refractivity contribution in [2.75, 3.05) is 31.6 Å². The van der Waals surface area contributed by atoms with Crippen LogP contribution in [-0.2, 0) is 4.79 Å². The summed E-state index contributed by atoms with van der Waals surface area (Å²) < 4.78 is 28.9. The first-order chi connectivity index (χ1) is 16.9. The first kappa shape index (κ1) is 24.5. The third kappa shape index (κ3) is 6.28. The molecule has 8 nitrogen and oxygen atoms in total. The minimum Gasteiger partial charge on any atom is -0.435 e. The molecule has 1 fully saturated rings. The summed E-state index contributed by atoms with van der Waals surface area (Å²) in [6, 6.07) is 13.7. The average Bonchev–Trinajstić information content (AvgIpc) is 2.86. The number of nitrogens with one attached hydrogen (secondary N) is 2. The molecule has 0 bridgehead atoms. The second-order valence-corrected chi connectivity index (χ2v) is 8.32. The fraction of sp³-hybridized carbons (Fsp3) is 0.320. The van der Waals surface area contributed by atoms with Gasteiger partial charge >= 0.3 is 6.61 Å². The van der Waals surface area contributed by atoms with Crippen LogP contribution in [0.1, 0.15) is 18.4 Å². The summed E-state index contributed by atoms with van der Waals surface area (Å²) in [5.74, 6) is -0.223. The SMILES string of the molecule is CC1CN(C(=O)C(CO)c2ccc(Nc3ncc(-c4ccc(OC(F)F)cc4)cn3)cc2)CCN1. The first-order valence-corrected chi connectivity index (χ1v) is 11.3. The molecule has 1 saturated heterocycles. The number of aliphatic hydroxyl groups excluding tert-OH is 1. The number of carbonyl (C=O) groups excluding carboxylic acids is 1. The van der Waals surface area contributed by atoms with Gasteiger partial charge in [-0.1, -0.05) is 24.3 Å². The number of carbonyl (C=O) groups is 1. The van der Waals surface area contributed by atoms with Gasteiger partial charge in [0, 0.05) is 49.3 Å². The molecule has 2 atom stereocenters. The van der Waals surface area contributed by atoms with Crippen LogP contribution in [0.4, 0.5) is 20.4 Å². The Bertz CT molecular complexity index is 1110. The molecule has 1 amide bonds. The highest BCUT2D eigenvalue weighted by Crippen LogP contribution is 2.25. The zero-order chi connectivity index (χ0) is 24.8. The fourth-order valence-corrected chi connectivity index (χ4v) is 3.98. The average molecular weight is 484 g/mol. The van der Waals surface area contributed by atoms with Gasteiger partial charge in [0.25, 0.3) is 0 Å². The maximum Gasteiger partial charge on any atom is 0.387 e. The summed E-state index contributed by atoms with van der Waals surface area (Å²) in [6.07, 6.45) is 3.25. The van der Waals surface area contributed by atoms with Crippen LogP contribution in [0.5, 0.6) is 5.75 Å². The van der Waals surface area contributed by atoms with E-state index in [2.05, 4.69) is 25.3 Å². The number of aromatic nitrogens is 2. The Labute approximate surface area is 202 Å². The zero-order valence-electron chi connectivity index (χ0n) is 19.2. The van der Waals surface area contributed by atoms with Crippen LogP contribution in [0, 0.1) is 0 Å². The van der Waals surface area contributed by atoms with Gasteiger partial charge in [0.2, 0.25) is 11.9 Å². The molecule has 3 aromatic rings. The van der Waals surface area contributed by atoms with Crippen molar-refractivity contribution in [1.29, 1.82) is 0 Å². The van der Waals surface area contributed by atoms with Crippen molar-refractivity contribution in [1.82, 2.24) is 20.2 Å². The van der Waals surface area contributed by atoms with Crippen molar-refractivity contribution >= 4 is 17.5 Å². The number of hydrogen-bond donors (Lipinski definition) is 3. The van der Waals surface area contributed by atoms with E-state index in [1.807, 2.05) is 31.2 Å². The number of anilines is 2. The topological polar surface area (TPSA) is 99.6 Å². The Morgan fingerprint density at radius 1 is 1.14 bits per heavy atom. The molecule has 3 N–H and O–H groups in total. The van der Waals surface area contributed by atoms with Crippen LogP contribution in [0.25, 0.3) is 11.1 Å². The van der Waals surface area contributed by atoms with Gasteiger partial charge in [0.1, 0.15) is 5.75 Å². The van der Waals surface area contributed by atoms with Crippen molar-refractivity contribution in [3.8, 4) is 16.9 Å². The smallest absolute Gasteiger partial charge is 0.387 e. The third-order valence-electron chi connectivity index (χ3n) is 5.79. The fourth-order valence-electron chi connectivity index (χ4n) is 3.98. The van der Waals surface area contributed by atoms with Gasteiger partial charge in [-0.25, -0.2) is 9.97 Å². The predicted molar refractivity (Wildman–Crippen MR) is 128 cm³/mol. The largest absolute Gasteiger partial charge is 0.435 e. The normalized spacial score (nSPS) is 16.7. The summed E-state index contributed by atoms with van der Waals surface area (Å²) in [5, 5.41) is 16.3. The predicted octanol–water partition coefficient (Wildman–Crippen LogP) is 3.38. The molecular formula is C25H27F2N5O3. The Morgan fingerprint density at radius 3 is 2.43 bits per heavy atom. The lowest BCUT2D eigenvalue weighted by Crippen LogP contribution is -2.52. The minimum atomic E-state index is -2.87. The number of aliphatic hydroxyl groups is 1. The highest BCUT2D eigenvalue weighted by atomic mass is 19.3. The van der Waals surface area contributed by atoms with Crippen LogP contribution >= 0.6 is 0 Å². The lowest BCUT2D eigenvalue weighted by Gasteiger charge is -2.34. The van der Waals surface area contributed by atoms with Crippen LogP contribution in [0.15, 0.2) is 60.9 Å². The molecule has 1 aromatic heterocycles. The van der Waals surface area contributed by atoms with E-state index in [9.17, 15) is 18.7 Å². The van der Waals surface area contributed by atoms with Crippen molar-refractivity contribution in [2.45, 2.75) is 25.5 Å². The molecular weight excluding hydrogens is 456 g/mol. The van der Waals surface area contributed by atoms with Crippen LogP contribution in [-0.4, -0.2) is 64.8 Å². The maximum absolute atomic E-state index is 12.9. The summed E-state index contributed by atoms with van der Waals surface area (Å²) in [4.78, 5) is 23.3. The highest BCUT2D eigenvalue weighted by molar-refractivity contribution is 5.84. The van der Waals surface area contributed by atoms with Crippen LogP contribution < -0.4 is 15.4 Å². The molecule has 184 valence electrons.